The molecule has 0 aliphatic rings. The van der Waals surface area contributed by atoms with Gasteiger partial charge in [0.2, 0.25) is 0 Å². The molecule has 4 nitrogen and oxygen atoms in total. The molecule has 112 valence electrons. The predicted octanol–water partition coefficient (Wildman–Crippen LogP) is 0.215. The maximum atomic E-state index is 12.2. The van der Waals surface area contributed by atoms with E-state index in [2.05, 4.69) is 36.8 Å². The summed E-state index contributed by atoms with van der Waals surface area (Å²) in [4.78, 5) is 16.4. The van der Waals surface area contributed by atoms with Gasteiger partial charge in [0.15, 0.2) is 11.3 Å². The van der Waals surface area contributed by atoms with E-state index >= 15 is 0 Å². The molecule has 0 saturated heterocycles. The Kier molecular flexibility index (Phi) is 6.96. The van der Waals surface area contributed by atoms with Gasteiger partial charge in [-0.2, -0.15) is 0 Å². The van der Waals surface area contributed by atoms with Gasteiger partial charge in [-0.3, -0.25) is 10.2 Å². The van der Waals surface area contributed by atoms with Gasteiger partial charge in [0.05, 0.1) is 6.54 Å². The van der Waals surface area contributed by atoms with Crippen molar-refractivity contribution in [3.63, 3.8) is 0 Å². The molecule has 1 N–H and O–H groups in total. The average Bonchev–Trinajstić information content (AvgIpc) is 2.42. The largest absolute Gasteiger partial charge is 1.00 e. The van der Waals surface area contributed by atoms with E-state index in [-0.39, 0.29) is 34.8 Å². The smallest absolute Gasteiger partial charge is 0.182 e. The first-order valence-corrected chi connectivity index (χ1v) is 7.89. The van der Waals surface area contributed by atoms with E-state index < -0.39 is 0 Å². The number of Topliss-reactive ketones (excluding diaryl/α,β-unsaturated/α-hetero) is 1. The minimum absolute atomic E-state index is 0. The number of rotatable bonds is 4. The summed E-state index contributed by atoms with van der Waals surface area (Å²) in [6, 6.07) is 7.28. The second-order valence-electron chi connectivity index (χ2n) is 4.35. The number of aromatic nitrogens is 2. The third-order valence-corrected chi connectivity index (χ3v) is 4.06. The Morgan fingerprint density at radius 2 is 1.95 bits per heavy atom. The second-order valence-corrected chi connectivity index (χ2v) is 5.83. The highest BCUT2D eigenvalue weighted by molar-refractivity contribution is 9.10. The standard InChI is InChI=1S/C14H13Br2N3O.BrH/c1-9-18-14(17)11(6-15)7-19(9)8-13(20)10-2-4-12(16)5-3-10;/h2-5,7,17H,6,8H2,1H3;1H/p-1. The van der Waals surface area contributed by atoms with Crippen molar-refractivity contribution in [2.45, 2.75) is 18.8 Å². The Bertz CT molecular complexity index is 696. The Balaban J connectivity index is 0.00000220. The summed E-state index contributed by atoms with van der Waals surface area (Å²) in [5.74, 6) is 0.677. The predicted molar refractivity (Wildman–Crippen MR) is 83.9 cm³/mol. The first-order chi connectivity index (χ1) is 9.51. The van der Waals surface area contributed by atoms with Crippen LogP contribution in [-0.2, 0) is 11.9 Å². The molecular formula is C14H13Br3N3O-. The van der Waals surface area contributed by atoms with Gasteiger partial charge < -0.3 is 21.5 Å². The molecule has 0 unspecified atom stereocenters. The summed E-state index contributed by atoms with van der Waals surface area (Å²) in [5, 5.41) is 8.28. The molecule has 1 aromatic carbocycles. The van der Waals surface area contributed by atoms with Crippen molar-refractivity contribution in [1.82, 2.24) is 9.55 Å². The van der Waals surface area contributed by atoms with Crippen molar-refractivity contribution in [1.29, 1.82) is 5.41 Å². The van der Waals surface area contributed by atoms with Crippen LogP contribution in [0.5, 0.6) is 0 Å². The minimum Gasteiger partial charge on any atom is -1.00 e. The molecule has 0 aliphatic carbocycles. The third kappa shape index (κ3) is 4.59. The molecule has 0 fully saturated rings. The quantitative estimate of drug-likeness (QED) is 0.505. The van der Waals surface area contributed by atoms with Gasteiger partial charge in [-0.1, -0.05) is 44.0 Å². The molecule has 0 spiro atoms. The van der Waals surface area contributed by atoms with E-state index in [0.717, 1.165) is 10.0 Å². The van der Waals surface area contributed by atoms with E-state index in [0.29, 0.717) is 16.7 Å². The molecule has 7 heteroatoms. The topological polar surface area (TPSA) is 58.7 Å². The second kappa shape index (κ2) is 8.00. The summed E-state index contributed by atoms with van der Waals surface area (Å²) >= 11 is 6.67. The van der Waals surface area contributed by atoms with Crippen molar-refractivity contribution < 1.29 is 21.8 Å². The summed E-state index contributed by atoms with van der Waals surface area (Å²) in [6.45, 7) is 2.02. The number of carbonyl (C=O) groups excluding carboxylic acids is 1. The van der Waals surface area contributed by atoms with Crippen LogP contribution < -0.4 is 22.5 Å². The number of hydrogen-bond donors (Lipinski definition) is 1. The van der Waals surface area contributed by atoms with Gasteiger partial charge >= 0.3 is 0 Å². The maximum absolute atomic E-state index is 12.2. The first-order valence-electron chi connectivity index (χ1n) is 5.97. The van der Waals surface area contributed by atoms with Crippen molar-refractivity contribution in [2.24, 2.45) is 0 Å². The third-order valence-electron chi connectivity index (χ3n) is 2.93. The Morgan fingerprint density at radius 1 is 1.33 bits per heavy atom. The number of benzene rings is 1. The molecule has 1 heterocycles. The lowest BCUT2D eigenvalue weighted by atomic mass is 10.1. The zero-order valence-corrected chi connectivity index (χ0v) is 16.0. The van der Waals surface area contributed by atoms with Crippen LogP contribution >= 0.6 is 31.9 Å². The fourth-order valence-corrected chi connectivity index (χ4v) is 2.45. The molecule has 2 rings (SSSR count). The Hall–Kier alpha value is -0.790. The summed E-state index contributed by atoms with van der Waals surface area (Å²) < 4.78 is 2.72. The van der Waals surface area contributed by atoms with Crippen molar-refractivity contribution in [3.05, 3.63) is 57.4 Å². The molecule has 2 aromatic rings. The first kappa shape index (κ1) is 18.3. The van der Waals surface area contributed by atoms with Crippen molar-refractivity contribution >= 4 is 37.6 Å². The highest BCUT2D eigenvalue weighted by Gasteiger charge is 2.09. The van der Waals surface area contributed by atoms with Gasteiger partial charge in [0.1, 0.15) is 5.82 Å². The van der Waals surface area contributed by atoms with Crippen molar-refractivity contribution in [2.75, 3.05) is 0 Å². The highest BCUT2D eigenvalue weighted by Crippen LogP contribution is 2.12. The number of nitrogens with zero attached hydrogens (tertiary/aromatic N) is 2. The molecule has 1 aromatic heterocycles. The number of hydrogen-bond acceptors (Lipinski definition) is 3. The van der Waals surface area contributed by atoms with E-state index in [4.69, 9.17) is 5.41 Å². The van der Waals surface area contributed by atoms with Crippen LogP contribution in [0, 0.1) is 12.3 Å². The van der Waals surface area contributed by atoms with Crippen LogP contribution in [0.3, 0.4) is 0 Å². The average molecular weight is 479 g/mol. The van der Waals surface area contributed by atoms with Crippen LogP contribution in [0.4, 0.5) is 0 Å². The molecule has 0 atom stereocenters. The van der Waals surface area contributed by atoms with Gasteiger partial charge in [-0.25, -0.2) is 4.98 Å². The van der Waals surface area contributed by atoms with E-state index in [9.17, 15) is 4.79 Å². The molecule has 0 aliphatic heterocycles. The van der Waals surface area contributed by atoms with Gasteiger partial charge in [-0.15, -0.1) is 0 Å². The Labute approximate surface area is 150 Å². The van der Waals surface area contributed by atoms with Crippen LogP contribution in [0.2, 0.25) is 0 Å². The normalized spacial score (nSPS) is 10.0. The summed E-state index contributed by atoms with van der Waals surface area (Å²) in [5.41, 5.74) is 1.67. The van der Waals surface area contributed by atoms with Crippen molar-refractivity contribution in [3.8, 4) is 0 Å². The van der Waals surface area contributed by atoms with E-state index in [1.54, 1.807) is 29.8 Å². The maximum Gasteiger partial charge on any atom is 0.182 e. The number of carbonyl (C=O) groups is 1. The number of ketones is 1. The number of alkyl halides is 1. The lowest BCUT2D eigenvalue weighted by molar-refractivity contribution is -0.0000122. The monoisotopic (exact) mass is 476 g/mol. The van der Waals surface area contributed by atoms with Crippen LogP contribution in [0.15, 0.2) is 34.9 Å². The number of halogens is 3. The zero-order valence-electron chi connectivity index (χ0n) is 11.2. The molecule has 0 saturated carbocycles. The molecule has 0 bridgehead atoms. The van der Waals surface area contributed by atoms with Crippen LogP contribution in [0.1, 0.15) is 21.7 Å². The number of nitrogens with one attached hydrogen (secondary N) is 1. The zero-order chi connectivity index (χ0) is 14.7. The van der Waals surface area contributed by atoms with Gasteiger partial charge in [0, 0.05) is 27.1 Å². The minimum atomic E-state index is 0. The SMILES string of the molecule is Cc1nc(=N)c(CBr)cn1CC(=O)c1ccc(Br)cc1.[Br-]. The van der Waals surface area contributed by atoms with Gasteiger partial charge in [-0.05, 0) is 19.1 Å². The van der Waals surface area contributed by atoms with Crippen LogP contribution in [-0.4, -0.2) is 15.3 Å². The Morgan fingerprint density at radius 3 is 2.52 bits per heavy atom. The lowest BCUT2D eigenvalue weighted by Crippen LogP contribution is -3.00. The molecule has 21 heavy (non-hydrogen) atoms. The molecule has 0 amide bonds. The molecule has 0 radical (unpaired) electrons. The van der Waals surface area contributed by atoms with E-state index in [1.165, 1.54) is 0 Å². The van der Waals surface area contributed by atoms with Crippen LogP contribution in [0.25, 0.3) is 0 Å². The highest BCUT2D eigenvalue weighted by atomic mass is 79.9. The fraction of sp³-hybridized carbons (Fsp3) is 0.214. The summed E-state index contributed by atoms with van der Waals surface area (Å²) in [6.07, 6.45) is 1.80. The lowest BCUT2D eigenvalue weighted by Gasteiger charge is -2.11. The summed E-state index contributed by atoms with van der Waals surface area (Å²) in [7, 11) is 0. The number of aryl methyl sites for hydroxylation is 1. The van der Waals surface area contributed by atoms with Gasteiger partial charge in [0.25, 0.3) is 0 Å². The fourth-order valence-electron chi connectivity index (χ4n) is 1.78. The van der Waals surface area contributed by atoms with E-state index in [1.807, 2.05) is 12.1 Å². The molecular weight excluding hydrogens is 466 g/mol.